The third kappa shape index (κ3) is 6.11. The first-order valence-corrected chi connectivity index (χ1v) is 21.5. The van der Waals surface area contributed by atoms with Crippen LogP contribution in [0.5, 0.6) is 0 Å². The minimum absolute atomic E-state index is 0.218. The van der Waals surface area contributed by atoms with Crippen LogP contribution >= 0.6 is 22.7 Å². The Labute approximate surface area is 352 Å². The Balaban J connectivity index is 1.02. The Morgan fingerprint density at radius 2 is 1.00 bits per heavy atom. The van der Waals surface area contributed by atoms with Gasteiger partial charge >= 0.3 is 0 Å². The Morgan fingerprint density at radius 1 is 0.458 bits per heavy atom. The van der Waals surface area contributed by atoms with E-state index in [1.807, 2.05) is 6.07 Å². The largest absolute Gasteiger partial charge is 0.310 e. The van der Waals surface area contributed by atoms with Crippen LogP contribution < -0.4 is 9.80 Å². The van der Waals surface area contributed by atoms with Crippen LogP contribution in [0.25, 0.3) is 52.7 Å². The van der Waals surface area contributed by atoms with E-state index in [-0.39, 0.29) is 5.41 Å². The van der Waals surface area contributed by atoms with Crippen molar-refractivity contribution >= 4 is 77.2 Å². The SMILES string of the molecule is CC1(C)c2ccccc2N(c2ccc(N(c3ccc(-c4nc5ccccc5s4)cc3)c3ccccc3-c3ccccc3)cc2)c2ccc(-c3nc4ccccc4s3)cc21. The fourth-order valence-corrected chi connectivity index (χ4v) is 10.5. The van der Waals surface area contributed by atoms with Gasteiger partial charge in [-0.25, -0.2) is 9.97 Å². The van der Waals surface area contributed by atoms with E-state index >= 15 is 0 Å². The molecule has 3 heterocycles. The van der Waals surface area contributed by atoms with Crippen molar-refractivity contribution in [2.75, 3.05) is 9.80 Å². The summed E-state index contributed by atoms with van der Waals surface area (Å²) < 4.78 is 2.40. The van der Waals surface area contributed by atoms with Gasteiger partial charge in [0.05, 0.1) is 37.5 Å². The van der Waals surface area contributed by atoms with Gasteiger partial charge in [-0.15, -0.1) is 22.7 Å². The molecule has 0 fully saturated rings. The van der Waals surface area contributed by atoms with Gasteiger partial charge in [-0.1, -0.05) is 105 Å². The zero-order valence-corrected chi connectivity index (χ0v) is 34.2. The summed E-state index contributed by atoms with van der Waals surface area (Å²) in [4.78, 5) is 14.8. The molecule has 0 saturated carbocycles. The summed E-state index contributed by atoms with van der Waals surface area (Å²) in [5, 5.41) is 2.07. The molecule has 4 nitrogen and oxygen atoms in total. The van der Waals surface area contributed by atoms with E-state index in [0.717, 1.165) is 60.5 Å². The monoisotopic (exact) mass is 794 g/mol. The quantitative estimate of drug-likeness (QED) is 0.161. The first-order chi connectivity index (χ1) is 29.0. The van der Waals surface area contributed by atoms with Gasteiger partial charge in [0.15, 0.2) is 0 Å². The summed E-state index contributed by atoms with van der Waals surface area (Å²) >= 11 is 3.48. The Morgan fingerprint density at radius 3 is 1.69 bits per heavy atom. The number of thiazole rings is 2. The van der Waals surface area contributed by atoms with Crippen LogP contribution in [-0.4, -0.2) is 9.97 Å². The van der Waals surface area contributed by atoms with Gasteiger partial charge in [0.2, 0.25) is 0 Å². The number of benzene rings is 8. The van der Waals surface area contributed by atoms with Gasteiger partial charge in [0, 0.05) is 39.2 Å². The number of aromatic nitrogens is 2. The predicted molar refractivity (Wildman–Crippen MR) is 251 cm³/mol. The summed E-state index contributed by atoms with van der Waals surface area (Å²) in [5.41, 5.74) is 15.8. The van der Waals surface area contributed by atoms with Crippen LogP contribution in [0.4, 0.5) is 34.1 Å². The number of para-hydroxylation sites is 4. The molecule has 0 aliphatic carbocycles. The van der Waals surface area contributed by atoms with Gasteiger partial charge < -0.3 is 9.80 Å². The highest BCUT2D eigenvalue weighted by Crippen LogP contribution is 2.53. The summed E-state index contributed by atoms with van der Waals surface area (Å²) in [5.74, 6) is 0. The van der Waals surface area contributed by atoms with Crippen LogP contribution in [0.1, 0.15) is 25.0 Å². The lowest BCUT2D eigenvalue weighted by atomic mass is 9.73. The Bertz CT molecular complexity index is 3080. The molecule has 0 N–H and O–H groups in total. The molecule has 1 aliphatic heterocycles. The minimum Gasteiger partial charge on any atom is -0.310 e. The molecule has 0 unspecified atom stereocenters. The maximum absolute atomic E-state index is 5.03. The maximum atomic E-state index is 5.03. The van der Waals surface area contributed by atoms with Gasteiger partial charge in [-0.05, 0) is 120 Å². The van der Waals surface area contributed by atoms with E-state index < -0.39 is 0 Å². The molecule has 0 bridgehead atoms. The molecule has 0 saturated heterocycles. The fraction of sp³-hybridized carbons (Fsp3) is 0.0566. The van der Waals surface area contributed by atoms with E-state index in [1.54, 1.807) is 22.7 Å². The summed E-state index contributed by atoms with van der Waals surface area (Å²) in [7, 11) is 0. The number of rotatable bonds is 7. The lowest BCUT2D eigenvalue weighted by molar-refractivity contribution is 0.632. The van der Waals surface area contributed by atoms with Crippen molar-refractivity contribution in [1.29, 1.82) is 0 Å². The summed E-state index contributed by atoms with van der Waals surface area (Å²) in [6, 6.07) is 69.7. The standard InChI is InChI=1S/C53H38N4S2/c1-53(2)42-17-7-11-21-47(42)57(48-33-26-37(34-43(48)53)52-55-45-19-9-13-23-50(45)59-52)40-31-29-39(30-32-40)56(46-20-10-6-16-41(46)35-14-4-3-5-15-35)38-27-24-36(25-28-38)51-54-44-18-8-12-22-49(44)58-51/h3-34H,1-2H3. The van der Waals surface area contributed by atoms with Crippen LogP contribution in [-0.2, 0) is 5.41 Å². The van der Waals surface area contributed by atoms with Crippen molar-refractivity contribution in [2.45, 2.75) is 19.3 Å². The zero-order chi connectivity index (χ0) is 39.5. The molecule has 6 heteroatoms. The topological polar surface area (TPSA) is 32.3 Å². The highest BCUT2D eigenvalue weighted by molar-refractivity contribution is 7.22. The first kappa shape index (κ1) is 35.3. The second-order valence-corrected chi connectivity index (χ2v) is 17.5. The normalized spacial score (nSPS) is 13.0. The molecule has 0 atom stereocenters. The molecule has 8 aromatic carbocycles. The van der Waals surface area contributed by atoms with Crippen molar-refractivity contribution in [3.05, 3.63) is 205 Å². The van der Waals surface area contributed by atoms with E-state index in [0.29, 0.717) is 0 Å². The van der Waals surface area contributed by atoms with Crippen molar-refractivity contribution in [3.63, 3.8) is 0 Å². The highest BCUT2D eigenvalue weighted by Gasteiger charge is 2.37. The first-order valence-electron chi connectivity index (χ1n) is 19.9. The van der Waals surface area contributed by atoms with Gasteiger partial charge in [0.25, 0.3) is 0 Å². The maximum Gasteiger partial charge on any atom is 0.124 e. The summed E-state index contributed by atoms with van der Waals surface area (Å²) in [6.07, 6.45) is 0. The van der Waals surface area contributed by atoms with E-state index in [4.69, 9.17) is 9.97 Å². The smallest absolute Gasteiger partial charge is 0.124 e. The number of anilines is 6. The number of fused-ring (bicyclic) bond motifs is 4. The predicted octanol–water partition coefficient (Wildman–Crippen LogP) is 15.5. The highest BCUT2D eigenvalue weighted by atomic mass is 32.1. The molecule has 10 aromatic rings. The molecule has 0 spiro atoms. The lowest BCUT2D eigenvalue weighted by Gasteiger charge is -2.42. The molecule has 0 radical (unpaired) electrons. The second kappa shape index (κ2) is 14.2. The number of hydrogen-bond donors (Lipinski definition) is 0. The number of nitrogens with zero attached hydrogens (tertiary/aromatic N) is 4. The molecule has 282 valence electrons. The molecule has 11 rings (SSSR count). The molecule has 1 aliphatic rings. The van der Waals surface area contributed by atoms with Crippen LogP contribution in [0.15, 0.2) is 194 Å². The van der Waals surface area contributed by atoms with Crippen LogP contribution in [0.3, 0.4) is 0 Å². The molecule has 0 amide bonds. The van der Waals surface area contributed by atoms with E-state index in [1.165, 1.54) is 37.5 Å². The van der Waals surface area contributed by atoms with E-state index in [2.05, 4.69) is 212 Å². The Hall–Kier alpha value is -6.86. The zero-order valence-electron chi connectivity index (χ0n) is 32.6. The third-order valence-corrected chi connectivity index (χ3v) is 13.7. The van der Waals surface area contributed by atoms with Crippen molar-refractivity contribution in [1.82, 2.24) is 9.97 Å². The minimum atomic E-state index is -0.218. The van der Waals surface area contributed by atoms with Gasteiger partial charge in [-0.3, -0.25) is 0 Å². The molecule has 59 heavy (non-hydrogen) atoms. The van der Waals surface area contributed by atoms with Gasteiger partial charge in [0.1, 0.15) is 10.0 Å². The molecular weight excluding hydrogens is 757 g/mol. The molecular formula is C53H38N4S2. The second-order valence-electron chi connectivity index (χ2n) is 15.5. The summed E-state index contributed by atoms with van der Waals surface area (Å²) in [6.45, 7) is 4.69. The average molecular weight is 795 g/mol. The molecule has 2 aromatic heterocycles. The average Bonchev–Trinajstić information content (AvgIpc) is 3.93. The van der Waals surface area contributed by atoms with Crippen LogP contribution in [0, 0.1) is 0 Å². The van der Waals surface area contributed by atoms with Crippen LogP contribution in [0.2, 0.25) is 0 Å². The van der Waals surface area contributed by atoms with Gasteiger partial charge in [-0.2, -0.15) is 0 Å². The third-order valence-electron chi connectivity index (χ3n) is 11.5. The van der Waals surface area contributed by atoms with Crippen molar-refractivity contribution < 1.29 is 0 Å². The fourth-order valence-electron chi connectivity index (χ4n) is 8.57. The Kier molecular flexibility index (Phi) is 8.50. The van der Waals surface area contributed by atoms with Crippen molar-refractivity contribution in [2.24, 2.45) is 0 Å². The lowest BCUT2D eigenvalue weighted by Crippen LogP contribution is -2.30. The van der Waals surface area contributed by atoms with Crippen molar-refractivity contribution in [3.8, 4) is 32.3 Å². The van der Waals surface area contributed by atoms with E-state index in [9.17, 15) is 0 Å². The number of hydrogen-bond acceptors (Lipinski definition) is 6.